The van der Waals surface area contributed by atoms with Crippen molar-refractivity contribution in [3.63, 3.8) is 0 Å². The topological polar surface area (TPSA) is 85.9 Å². The number of hydrogen-bond acceptors (Lipinski definition) is 6. The number of carbonyl (C=O) groups is 1. The largest absolute Gasteiger partial charge is 0.378 e. The van der Waals surface area contributed by atoms with Crippen LogP contribution in [0, 0.1) is 0 Å². The van der Waals surface area contributed by atoms with Crippen molar-refractivity contribution >= 4 is 34.9 Å². The van der Waals surface area contributed by atoms with Gasteiger partial charge < -0.3 is 25.3 Å². The number of H-pyrrole nitrogens is 1. The number of hydrogen-bond donors (Lipinski definition) is 3. The molecule has 2 aliphatic heterocycles. The standard InChI is InChI=1S/C28H28N6O/c1-34-12-8-19(9-13-34)18-2-4-23(5-3-18)32-28-26-20(6-10-29-25(26)17-35)15-24(33-28)22-14-21-7-11-30-27(21)31-16-22/h2-7,10-11,14-17,19,25,29H,8-9,12-13H2,1H3,(H,30,31)(H,32,33). The van der Waals surface area contributed by atoms with E-state index in [9.17, 15) is 4.79 Å². The molecule has 1 fully saturated rings. The smallest absolute Gasteiger partial charge is 0.146 e. The average Bonchev–Trinajstić information content (AvgIpc) is 3.37. The van der Waals surface area contributed by atoms with Crippen molar-refractivity contribution in [1.82, 2.24) is 25.2 Å². The SMILES string of the molecule is CN1CCC(c2ccc(Nc3nc(-c4cnc5[nH]ccc5c4)cc4c3C(C=O)NC=C4)cc2)CC1. The van der Waals surface area contributed by atoms with Crippen molar-refractivity contribution in [3.8, 4) is 11.3 Å². The second-order valence-corrected chi connectivity index (χ2v) is 9.44. The molecule has 0 spiro atoms. The van der Waals surface area contributed by atoms with Crippen molar-refractivity contribution < 1.29 is 4.79 Å². The van der Waals surface area contributed by atoms with Crippen molar-refractivity contribution in [2.75, 3.05) is 25.5 Å². The number of aromatic amines is 1. The Labute approximate surface area is 204 Å². The van der Waals surface area contributed by atoms with E-state index in [1.807, 2.05) is 36.8 Å². The van der Waals surface area contributed by atoms with E-state index in [-0.39, 0.29) is 0 Å². The maximum atomic E-state index is 11.9. The molecule has 6 rings (SSSR count). The summed E-state index contributed by atoms with van der Waals surface area (Å²) in [6, 6.07) is 14.3. The molecular formula is C28H28N6O. The van der Waals surface area contributed by atoms with Gasteiger partial charge in [-0.1, -0.05) is 12.1 Å². The van der Waals surface area contributed by atoms with Gasteiger partial charge in [0.1, 0.15) is 23.8 Å². The molecule has 0 amide bonds. The van der Waals surface area contributed by atoms with Gasteiger partial charge in [0.2, 0.25) is 0 Å². The molecule has 0 aliphatic carbocycles. The Balaban J connectivity index is 1.35. The van der Waals surface area contributed by atoms with Gasteiger partial charge in [0.15, 0.2) is 0 Å². The number of pyridine rings is 2. The molecular weight excluding hydrogens is 436 g/mol. The summed E-state index contributed by atoms with van der Waals surface area (Å²) >= 11 is 0. The number of aldehydes is 1. The summed E-state index contributed by atoms with van der Waals surface area (Å²) in [7, 11) is 2.19. The molecule has 3 N–H and O–H groups in total. The first-order valence-electron chi connectivity index (χ1n) is 12.1. The lowest BCUT2D eigenvalue weighted by molar-refractivity contribution is -0.109. The zero-order valence-corrected chi connectivity index (χ0v) is 19.7. The summed E-state index contributed by atoms with van der Waals surface area (Å²) in [5, 5.41) is 7.67. The first-order valence-corrected chi connectivity index (χ1v) is 12.1. The van der Waals surface area contributed by atoms with Crippen LogP contribution in [-0.2, 0) is 4.79 Å². The van der Waals surface area contributed by atoms with Gasteiger partial charge in [0.05, 0.1) is 5.69 Å². The van der Waals surface area contributed by atoms with Crippen LogP contribution in [0.3, 0.4) is 0 Å². The number of likely N-dealkylation sites (tertiary alicyclic amines) is 1. The third-order valence-electron chi connectivity index (χ3n) is 7.14. The highest BCUT2D eigenvalue weighted by Crippen LogP contribution is 2.35. The van der Waals surface area contributed by atoms with Crippen LogP contribution in [0.2, 0.25) is 0 Å². The Bertz CT molecular complexity index is 1400. The molecule has 7 nitrogen and oxygen atoms in total. The summed E-state index contributed by atoms with van der Waals surface area (Å²) in [6.45, 7) is 2.29. The predicted octanol–water partition coefficient (Wildman–Crippen LogP) is 4.99. The molecule has 7 heteroatoms. The van der Waals surface area contributed by atoms with Gasteiger partial charge in [-0.05, 0) is 92.6 Å². The van der Waals surface area contributed by atoms with Gasteiger partial charge in [-0.3, -0.25) is 0 Å². The fourth-order valence-electron chi connectivity index (χ4n) is 5.11. The maximum Gasteiger partial charge on any atom is 0.146 e. The molecule has 5 heterocycles. The summed E-state index contributed by atoms with van der Waals surface area (Å²) in [4.78, 5) is 26.9. The Hall–Kier alpha value is -3.97. The van der Waals surface area contributed by atoms with Crippen LogP contribution in [0.1, 0.15) is 41.5 Å². The van der Waals surface area contributed by atoms with E-state index in [1.165, 1.54) is 18.4 Å². The third kappa shape index (κ3) is 4.19. The predicted molar refractivity (Wildman–Crippen MR) is 139 cm³/mol. The van der Waals surface area contributed by atoms with Gasteiger partial charge >= 0.3 is 0 Å². The van der Waals surface area contributed by atoms with E-state index in [4.69, 9.17) is 4.98 Å². The second-order valence-electron chi connectivity index (χ2n) is 9.44. The molecule has 0 radical (unpaired) electrons. The third-order valence-corrected chi connectivity index (χ3v) is 7.14. The number of carbonyl (C=O) groups excluding carboxylic acids is 1. The quantitative estimate of drug-likeness (QED) is 0.361. The Morgan fingerprint density at radius 3 is 2.74 bits per heavy atom. The molecule has 2 aliphatic rings. The van der Waals surface area contributed by atoms with Gasteiger partial charge in [-0.25, -0.2) is 9.97 Å². The summed E-state index contributed by atoms with van der Waals surface area (Å²) in [5.41, 5.74) is 6.73. The molecule has 0 bridgehead atoms. The van der Waals surface area contributed by atoms with Crippen LogP contribution in [-0.4, -0.2) is 46.3 Å². The fourth-order valence-corrected chi connectivity index (χ4v) is 5.11. The van der Waals surface area contributed by atoms with Crippen LogP contribution in [0.5, 0.6) is 0 Å². The molecule has 0 saturated carbocycles. The number of fused-ring (bicyclic) bond motifs is 2. The highest BCUT2D eigenvalue weighted by molar-refractivity contribution is 5.83. The Morgan fingerprint density at radius 1 is 1.11 bits per heavy atom. The lowest BCUT2D eigenvalue weighted by Crippen LogP contribution is -2.29. The van der Waals surface area contributed by atoms with E-state index in [1.54, 1.807) is 0 Å². The number of anilines is 2. The second kappa shape index (κ2) is 9.00. The normalized spacial score (nSPS) is 18.3. The van der Waals surface area contributed by atoms with E-state index < -0.39 is 6.04 Å². The van der Waals surface area contributed by atoms with Crippen LogP contribution in [0.15, 0.2) is 61.1 Å². The minimum absolute atomic E-state index is 0.456. The average molecular weight is 465 g/mol. The molecule has 1 unspecified atom stereocenters. The van der Waals surface area contributed by atoms with E-state index in [2.05, 4.69) is 62.9 Å². The van der Waals surface area contributed by atoms with Crippen LogP contribution < -0.4 is 10.6 Å². The van der Waals surface area contributed by atoms with E-state index in [0.717, 1.165) is 58.5 Å². The summed E-state index contributed by atoms with van der Waals surface area (Å²) in [6.07, 6.45) is 10.8. The minimum atomic E-state index is -0.456. The van der Waals surface area contributed by atoms with Crippen molar-refractivity contribution in [1.29, 1.82) is 0 Å². The molecule has 3 aromatic heterocycles. The van der Waals surface area contributed by atoms with Crippen LogP contribution in [0.25, 0.3) is 28.4 Å². The molecule has 35 heavy (non-hydrogen) atoms. The highest BCUT2D eigenvalue weighted by Gasteiger charge is 2.23. The first-order chi connectivity index (χ1) is 17.2. The van der Waals surface area contributed by atoms with Crippen LogP contribution >= 0.6 is 0 Å². The molecule has 1 saturated heterocycles. The van der Waals surface area contributed by atoms with Gasteiger partial charge in [0.25, 0.3) is 0 Å². The minimum Gasteiger partial charge on any atom is -0.378 e. The van der Waals surface area contributed by atoms with Crippen molar-refractivity contribution in [2.24, 2.45) is 0 Å². The van der Waals surface area contributed by atoms with Gasteiger partial charge in [-0.15, -0.1) is 0 Å². The Morgan fingerprint density at radius 2 is 1.94 bits per heavy atom. The number of piperidine rings is 1. The van der Waals surface area contributed by atoms with E-state index in [0.29, 0.717) is 11.7 Å². The monoisotopic (exact) mass is 464 g/mol. The summed E-state index contributed by atoms with van der Waals surface area (Å²) in [5.74, 6) is 1.28. The van der Waals surface area contributed by atoms with Crippen molar-refractivity contribution in [2.45, 2.75) is 24.8 Å². The van der Waals surface area contributed by atoms with Gasteiger partial charge in [0, 0.05) is 34.6 Å². The molecule has 176 valence electrons. The lowest BCUT2D eigenvalue weighted by Gasteiger charge is -2.29. The number of benzene rings is 1. The van der Waals surface area contributed by atoms with Gasteiger partial charge in [-0.2, -0.15) is 0 Å². The Kier molecular flexibility index (Phi) is 5.54. The molecule has 1 aromatic carbocycles. The zero-order valence-electron chi connectivity index (χ0n) is 19.7. The number of nitrogens with zero attached hydrogens (tertiary/aromatic N) is 3. The highest BCUT2D eigenvalue weighted by atomic mass is 16.1. The number of rotatable bonds is 5. The van der Waals surface area contributed by atoms with Crippen molar-refractivity contribution in [3.05, 3.63) is 77.7 Å². The molecule has 1 atom stereocenters. The van der Waals surface area contributed by atoms with Crippen LogP contribution in [0.4, 0.5) is 11.5 Å². The first kappa shape index (κ1) is 21.6. The summed E-state index contributed by atoms with van der Waals surface area (Å²) < 4.78 is 0. The number of aromatic nitrogens is 3. The number of nitrogens with one attached hydrogen (secondary N) is 3. The maximum absolute atomic E-state index is 11.9. The van der Waals surface area contributed by atoms with E-state index >= 15 is 0 Å². The molecule has 4 aromatic rings. The lowest BCUT2D eigenvalue weighted by atomic mass is 9.89. The zero-order chi connectivity index (χ0) is 23.8. The fraction of sp³-hybridized carbons (Fsp3) is 0.250.